The lowest BCUT2D eigenvalue weighted by molar-refractivity contribution is -0.159. The van der Waals surface area contributed by atoms with Crippen molar-refractivity contribution in [2.75, 3.05) is 24.7 Å². The van der Waals surface area contributed by atoms with E-state index in [1.807, 2.05) is 5.48 Å². The zero-order valence-electron chi connectivity index (χ0n) is 16.0. The summed E-state index contributed by atoms with van der Waals surface area (Å²) >= 11 is 0. The number of nitrogens with zero attached hydrogens (tertiary/aromatic N) is 2. The maximum Gasteiger partial charge on any atom is 0.418 e. The van der Waals surface area contributed by atoms with Crippen LogP contribution in [-0.2, 0) is 34.2 Å². The van der Waals surface area contributed by atoms with Crippen molar-refractivity contribution in [1.29, 1.82) is 0 Å². The van der Waals surface area contributed by atoms with Gasteiger partial charge in [0.1, 0.15) is 21.9 Å². The Kier molecular flexibility index (Phi) is 6.47. The highest BCUT2D eigenvalue weighted by Crippen LogP contribution is 2.41. The number of urea groups is 1. The van der Waals surface area contributed by atoms with Gasteiger partial charge in [-0.15, -0.1) is 4.28 Å². The Bertz CT molecular complexity index is 931. The van der Waals surface area contributed by atoms with Gasteiger partial charge in [0, 0.05) is 12.5 Å². The zero-order chi connectivity index (χ0) is 23.2. The van der Waals surface area contributed by atoms with Gasteiger partial charge in [0.2, 0.25) is 0 Å². The van der Waals surface area contributed by atoms with E-state index in [-0.39, 0.29) is 29.1 Å². The Balaban J connectivity index is 1.57. The molecule has 0 aromatic heterocycles. The van der Waals surface area contributed by atoms with E-state index in [9.17, 15) is 35.2 Å². The molecule has 0 aromatic rings. The van der Waals surface area contributed by atoms with Crippen molar-refractivity contribution in [2.45, 2.75) is 43.3 Å². The second kappa shape index (κ2) is 8.36. The van der Waals surface area contributed by atoms with Gasteiger partial charge in [0.05, 0.1) is 24.7 Å². The summed E-state index contributed by atoms with van der Waals surface area (Å²) in [5.74, 6) is -4.95. The Morgan fingerprint density at radius 2 is 1.97 bits per heavy atom. The van der Waals surface area contributed by atoms with Crippen molar-refractivity contribution >= 4 is 32.2 Å². The van der Waals surface area contributed by atoms with Crippen LogP contribution >= 0.6 is 0 Å². The molecule has 0 aromatic carbocycles. The van der Waals surface area contributed by atoms with Crippen LogP contribution in [-0.4, -0.2) is 92.0 Å². The molecule has 0 saturated carbocycles. The van der Waals surface area contributed by atoms with E-state index in [1.165, 1.54) is 0 Å². The second-order valence-electron chi connectivity index (χ2n) is 7.69. The number of nitrogens with two attached hydrogens (primary N) is 1. The van der Waals surface area contributed by atoms with E-state index < -0.39 is 69.2 Å². The van der Waals surface area contributed by atoms with Gasteiger partial charge in [-0.1, -0.05) is 0 Å². The van der Waals surface area contributed by atoms with Crippen LogP contribution in [0.4, 0.5) is 13.6 Å². The van der Waals surface area contributed by atoms with Crippen molar-refractivity contribution in [3.8, 4) is 0 Å². The first-order valence-electron chi connectivity index (χ1n) is 9.22. The molecule has 17 heteroatoms. The number of piperidine rings is 1. The number of halogens is 2. The number of amides is 3. The maximum atomic E-state index is 14.4. The predicted molar refractivity (Wildman–Crippen MR) is 97.2 cm³/mol. The summed E-state index contributed by atoms with van der Waals surface area (Å²) < 4.78 is 86.1. The van der Waals surface area contributed by atoms with Crippen LogP contribution in [0.1, 0.15) is 19.3 Å². The first-order valence-corrected chi connectivity index (χ1v) is 12.4. The molecule has 13 nitrogen and oxygen atoms in total. The topological polar surface area (TPSA) is 186 Å². The monoisotopic (exact) mass is 492 g/mol. The summed E-state index contributed by atoms with van der Waals surface area (Å²) in [5.41, 5.74) is 7.90. The molecule has 3 heterocycles. The van der Waals surface area contributed by atoms with Gasteiger partial charge >= 0.3 is 16.4 Å². The average Bonchev–Trinajstić information content (AvgIpc) is 2.91. The third kappa shape index (κ3) is 5.40. The van der Waals surface area contributed by atoms with Crippen LogP contribution in [0.3, 0.4) is 0 Å². The Hall–Kier alpha value is -1.66. The largest absolute Gasteiger partial charge is 0.418 e. The normalized spacial score (nSPS) is 29.1. The lowest BCUT2D eigenvalue weighted by Gasteiger charge is -2.34. The van der Waals surface area contributed by atoms with Crippen molar-refractivity contribution in [3.05, 3.63) is 0 Å². The summed E-state index contributed by atoms with van der Waals surface area (Å²) in [6.07, 6.45) is -0.456. The van der Waals surface area contributed by atoms with Crippen LogP contribution in [0.5, 0.6) is 0 Å². The SMILES string of the molecule is NC(CONC(=O)[C@@H]1CC(F)(F)[C@@H]2CN1C(=O)N2OS(=O)(=O)O)C1CCS(=O)(=O)CC1. The molecule has 2 bridgehead atoms. The number of hydroxylamine groups is 3. The molecule has 3 atom stereocenters. The first kappa shape index (κ1) is 24.0. The van der Waals surface area contributed by atoms with Gasteiger partial charge in [-0.05, 0) is 18.8 Å². The van der Waals surface area contributed by atoms with Crippen molar-refractivity contribution in [3.63, 3.8) is 0 Å². The van der Waals surface area contributed by atoms with Crippen LogP contribution in [0.2, 0.25) is 0 Å². The number of fused-ring (bicyclic) bond motifs is 2. The van der Waals surface area contributed by atoms with Crippen LogP contribution in [0.15, 0.2) is 0 Å². The molecular formula is C14H22F2N4O9S2. The van der Waals surface area contributed by atoms with Crippen LogP contribution < -0.4 is 11.2 Å². The van der Waals surface area contributed by atoms with Gasteiger partial charge in [0.25, 0.3) is 11.8 Å². The summed E-state index contributed by atoms with van der Waals surface area (Å²) in [6.45, 7) is -0.927. The zero-order valence-corrected chi connectivity index (χ0v) is 17.6. The first-order chi connectivity index (χ1) is 14.2. The summed E-state index contributed by atoms with van der Waals surface area (Å²) in [4.78, 5) is 30.3. The summed E-state index contributed by atoms with van der Waals surface area (Å²) in [7, 11) is -8.32. The molecule has 3 amide bonds. The van der Waals surface area contributed by atoms with Crippen LogP contribution in [0.25, 0.3) is 0 Å². The number of carbonyl (C=O) groups is 2. The van der Waals surface area contributed by atoms with E-state index in [2.05, 4.69) is 4.28 Å². The molecule has 178 valence electrons. The van der Waals surface area contributed by atoms with Crippen molar-refractivity contribution in [1.82, 2.24) is 15.4 Å². The van der Waals surface area contributed by atoms with Gasteiger partial charge in [-0.25, -0.2) is 27.5 Å². The lowest BCUT2D eigenvalue weighted by atomic mass is 9.95. The van der Waals surface area contributed by atoms with Crippen molar-refractivity contribution in [2.24, 2.45) is 11.7 Å². The molecule has 3 saturated heterocycles. The highest BCUT2D eigenvalue weighted by molar-refractivity contribution is 7.91. The van der Waals surface area contributed by atoms with Crippen molar-refractivity contribution < 1.29 is 48.9 Å². The highest BCUT2D eigenvalue weighted by atomic mass is 32.3. The van der Waals surface area contributed by atoms with E-state index in [0.29, 0.717) is 17.7 Å². The molecule has 3 aliphatic heterocycles. The molecule has 4 N–H and O–H groups in total. The van der Waals surface area contributed by atoms with E-state index in [1.54, 1.807) is 0 Å². The standard InChI is InChI=1S/C14H22F2N4O9S2/c15-14(16)5-10(19-6-11(14)20(13(19)22)29-31(25,26)27)12(21)18-28-7-9(17)8-1-3-30(23,24)4-2-8/h8-11H,1-7,17H2,(H,18,21)(H,25,26,27)/t9?,10-,11-/m0/s1. The average molecular weight is 492 g/mol. The minimum atomic E-state index is -5.24. The molecule has 1 unspecified atom stereocenters. The summed E-state index contributed by atoms with van der Waals surface area (Å²) in [6, 6.07) is -5.65. The fourth-order valence-electron chi connectivity index (χ4n) is 3.84. The smallest absolute Gasteiger partial charge is 0.325 e. The van der Waals surface area contributed by atoms with Gasteiger partial charge in [0.15, 0.2) is 0 Å². The molecule has 0 spiro atoms. The van der Waals surface area contributed by atoms with E-state index in [0.717, 1.165) is 0 Å². The van der Waals surface area contributed by atoms with Crippen LogP contribution in [0, 0.1) is 5.92 Å². The van der Waals surface area contributed by atoms with E-state index in [4.69, 9.17) is 15.1 Å². The molecule has 3 fully saturated rings. The number of sulfone groups is 1. The molecule has 0 aliphatic carbocycles. The number of alkyl halides is 2. The highest BCUT2D eigenvalue weighted by Gasteiger charge is 2.62. The lowest BCUT2D eigenvalue weighted by Crippen LogP contribution is -2.56. The molecular weight excluding hydrogens is 470 g/mol. The fraction of sp³-hybridized carbons (Fsp3) is 0.857. The fourth-order valence-corrected chi connectivity index (χ4v) is 5.74. The predicted octanol–water partition coefficient (Wildman–Crippen LogP) is -1.57. The number of hydrogen-bond acceptors (Lipinski definition) is 9. The third-order valence-corrected chi connectivity index (χ3v) is 7.61. The molecule has 0 radical (unpaired) electrons. The number of hydrogen-bond donors (Lipinski definition) is 3. The minimum absolute atomic E-state index is 0.00471. The Labute approximate surface area is 176 Å². The Morgan fingerprint density at radius 3 is 2.55 bits per heavy atom. The van der Waals surface area contributed by atoms with Gasteiger partial charge in [-0.3, -0.25) is 14.2 Å². The number of carbonyl (C=O) groups excluding carboxylic acids is 2. The molecule has 3 rings (SSSR count). The van der Waals surface area contributed by atoms with Gasteiger partial charge in [-0.2, -0.15) is 13.5 Å². The third-order valence-electron chi connectivity index (χ3n) is 5.55. The molecule has 3 aliphatic rings. The quantitative estimate of drug-likeness (QED) is 0.277. The van der Waals surface area contributed by atoms with E-state index >= 15 is 0 Å². The number of rotatable bonds is 7. The Morgan fingerprint density at radius 1 is 1.35 bits per heavy atom. The maximum absolute atomic E-state index is 14.4. The van der Waals surface area contributed by atoms with Gasteiger partial charge < -0.3 is 10.6 Å². The minimum Gasteiger partial charge on any atom is -0.325 e. The summed E-state index contributed by atoms with van der Waals surface area (Å²) in [5, 5.41) is -0.170. The second-order valence-corrected chi connectivity index (χ2v) is 11.0. The molecule has 31 heavy (non-hydrogen) atoms. The number of nitrogens with one attached hydrogen (secondary N) is 1.